The average Bonchev–Trinajstić information content (AvgIpc) is 2.87. The SMILES string of the molecule is CC(C)COCCC(=O)CCCCCCC(=O)CC/C(N)=C/NCCOCCOCCOCCOC(C)C. The number of ether oxygens (including phenoxy) is 5. The van der Waals surface area contributed by atoms with Crippen molar-refractivity contribution in [2.75, 3.05) is 66.0 Å². The molecule has 0 aliphatic heterocycles. The number of nitrogens with two attached hydrogens (primary N) is 1. The highest BCUT2D eigenvalue weighted by atomic mass is 16.6. The molecule has 0 aromatic rings. The second-order valence-electron chi connectivity index (χ2n) is 10.1. The van der Waals surface area contributed by atoms with Gasteiger partial charge in [0.15, 0.2) is 0 Å². The second kappa shape index (κ2) is 27.1. The van der Waals surface area contributed by atoms with Gasteiger partial charge in [-0.05, 0) is 39.0 Å². The fourth-order valence-corrected chi connectivity index (χ4v) is 3.33. The molecule has 9 nitrogen and oxygen atoms in total. The molecule has 0 atom stereocenters. The van der Waals surface area contributed by atoms with Crippen molar-refractivity contribution >= 4 is 11.6 Å². The summed E-state index contributed by atoms with van der Waals surface area (Å²) in [6.07, 6.45) is 8.39. The summed E-state index contributed by atoms with van der Waals surface area (Å²) < 4.78 is 27.2. The maximum Gasteiger partial charge on any atom is 0.135 e. The lowest BCUT2D eigenvalue weighted by Gasteiger charge is -2.09. The third-order valence-corrected chi connectivity index (χ3v) is 5.43. The normalized spacial score (nSPS) is 12.0. The fraction of sp³-hybridized carbons (Fsp3) is 0.862. The van der Waals surface area contributed by atoms with Crippen LogP contribution < -0.4 is 11.1 Å². The van der Waals surface area contributed by atoms with Crippen molar-refractivity contribution in [1.82, 2.24) is 5.32 Å². The topological polar surface area (TPSA) is 118 Å². The maximum absolute atomic E-state index is 12.1. The van der Waals surface area contributed by atoms with Gasteiger partial charge in [-0.15, -0.1) is 0 Å². The van der Waals surface area contributed by atoms with Gasteiger partial charge >= 0.3 is 0 Å². The summed E-state index contributed by atoms with van der Waals surface area (Å²) in [4.78, 5) is 23.9. The van der Waals surface area contributed by atoms with Crippen LogP contribution in [0, 0.1) is 5.92 Å². The van der Waals surface area contributed by atoms with Crippen LogP contribution in [0.25, 0.3) is 0 Å². The van der Waals surface area contributed by atoms with E-state index >= 15 is 0 Å². The second-order valence-corrected chi connectivity index (χ2v) is 10.1. The molecule has 0 amide bonds. The summed E-state index contributed by atoms with van der Waals surface area (Å²) in [5.74, 6) is 0.996. The Balaban J connectivity index is 3.46. The van der Waals surface area contributed by atoms with Crippen molar-refractivity contribution in [3.63, 3.8) is 0 Å². The van der Waals surface area contributed by atoms with Crippen molar-refractivity contribution in [1.29, 1.82) is 0 Å². The van der Waals surface area contributed by atoms with Crippen LogP contribution in [0.4, 0.5) is 0 Å². The van der Waals surface area contributed by atoms with E-state index in [1.54, 1.807) is 6.20 Å². The molecular formula is C29H56N2O7. The molecule has 3 N–H and O–H groups in total. The van der Waals surface area contributed by atoms with E-state index in [0.29, 0.717) is 110 Å². The first-order valence-electron chi connectivity index (χ1n) is 14.4. The number of carbonyl (C=O) groups is 2. The Morgan fingerprint density at radius 3 is 1.79 bits per heavy atom. The fourth-order valence-electron chi connectivity index (χ4n) is 3.33. The van der Waals surface area contributed by atoms with E-state index in [4.69, 9.17) is 29.4 Å². The van der Waals surface area contributed by atoms with E-state index in [1.165, 1.54) is 0 Å². The van der Waals surface area contributed by atoms with Gasteiger partial charge in [-0.2, -0.15) is 0 Å². The lowest BCUT2D eigenvalue weighted by molar-refractivity contribution is -0.120. The first-order chi connectivity index (χ1) is 18.3. The van der Waals surface area contributed by atoms with Crippen molar-refractivity contribution in [3.05, 3.63) is 11.9 Å². The van der Waals surface area contributed by atoms with Crippen LogP contribution in [0.2, 0.25) is 0 Å². The number of hydrogen-bond donors (Lipinski definition) is 2. The molecule has 0 aromatic carbocycles. The smallest absolute Gasteiger partial charge is 0.135 e. The number of rotatable bonds is 29. The zero-order chi connectivity index (χ0) is 28.3. The highest BCUT2D eigenvalue weighted by Crippen LogP contribution is 2.10. The average molecular weight is 545 g/mol. The minimum absolute atomic E-state index is 0.227. The highest BCUT2D eigenvalue weighted by Gasteiger charge is 2.05. The van der Waals surface area contributed by atoms with Gasteiger partial charge in [-0.3, -0.25) is 9.59 Å². The van der Waals surface area contributed by atoms with E-state index in [9.17, 15) is 9.59 Å². The minimum atomic E-state index is 0.227. The van der Waals surface area contributed by atoms with Gasteiger partial charge in [-0.1, -0.05) is 26.7 Å². The molecule has 0 spiro atoms. The Hall–Kier alpha value is -1.52. The summed E-state index contributed by atoms with van der Waals surface area (Å²) in [5, 5.41) is 3.11. The van der Waals surface area contributed by atoms with Crippen LogP contribution in [-0.2, 0) is 33.3 Å². The standard InChI is InChI=1S/C29H56N2O7/c1-25(2)24-37-15-13-29(33)10-8-6-5-7-9-28(32)12-11-27(30)23-31-14-16-34-17-18-35-19-20-36-21-22-38-26(3)4/h23,25-26,31H,5-22,24,30H2,1-4H3/b27-23-. The molecule has 224 valence electrons. The number of unbranched alkanes of at least 4 members (excludes halogenated alkanes) is 3. The maximum atomic E-state index is 12.1. The Bertz CT molecular complexity index is 597. The lowest BCUT2D eigenvalue weighted by Crippen LogP contribution is -2.18. The summed E-state index contributed by atoms with van der Waals surface area (Å²) in [7, 11) is 0. The van der Waals surface area contributed by atoms with E-state index in [1.807, 2.05) is 13.8 Å². The van der Waals surface area contributed by atoms with Crippen LogP contribution >= 0.6 is 0 Å². The van der Waals surface area contributed by atoms with Gasteiger partial charge in [0.1, 0.15) is 11.6 Å². The molecule has 0 unspecified atom stereocenters. The number of nitrogens with one attached hydrogen (secondary N) is 1. The van der Waals surface area contributed by atoms with Crippen molar-refractivity contribution in [3.8, 4) is 0 Å². The van der Waals surface area contributed by atoms with E-state index in [2.05, 4.69) is 19.2 Å². The van der Waals surface area contributed by atoms with Gasteiger partial charge < -0.3 is 34.7 Å². The molecule has 0 aliphatic carbocycles. The predicted octanol–water partition coefficient (Wildman–Crippen LogP) is 4.17. The summed E-state index contributed by atoms with van der Waals surface area (Å²) >= 11 is 0. The van der Waals surface area contributed by atoms with Gasteiger partial charge in [-0.25, -0.2) is 0 Å². The monoisotopic (exact) mass is 544 g/mol. The number of hydrogen-bond acceptors (Lipinski definition) is 9. The quantitative estimate of drug-likeness (QED) is 0.134. The molecule has 0 aromatic heterocycles. The molecule has 0 rings (SSSR count). The van der Waals surface area contributed by atoms with E-state index in [-0.39, 0.29) is 17.7 Å². The molecule has 0 aliphatic rings. The molecule has 0 heterocycles. The van der Waals surface area contributed by atoms with Crippen LogP contribution in [0.1, 0.15) is 85.5 Å². The largest absolute Gasteiger partial charge is 0.401 e. The number of ketones is 2. The third-order valence-electron chi connectivity index (χ3n) is 5.43. The van der Waals surface area contributed by atoms with Crippen LogP contribution in [-0.4, -0.2) is 83.7 Å². The zero-order valence-corrected chi connectivity index (χ0v) is 24.6. The van der Waals surface area contributed by atoms with E-state index < -0.39 is 0 Å². The molecule has 0 saturated heterocycles. The Kier molecular flexibility index (Phi) is 26.0. The molecular weight excluding hydrogens is 488 g/mol. The number of allylic oxidation sites excluding steroid dienone is 1. The zero-order valence-electron chi connectivity index (χ0n) is 24.6. The van der Waals surface area contributed by atoms with Crippen molar-refractivity contribution in [2.24, 2.45) is 11.7 Å². The van der Waals surface area contributed by atoms with Crippen LogP contribution in [0.3, 0.4) is 0 Å². The summed E-state index contributed by atoms with van der Waals surface area (Å²) in [5.41, 5.74) is 6.65. The van der Waals surface area contributed by atoms with Crippen molar-refractivity contribution in [2.45, 2.75) is 91.6 Å². The first kappa shape index (κ1) is 36.5. The van der Waals surface area contributed by atoms with Crippen LogP contribution in [0.5, 0.6) is 0 Å². The Morgan fingerprint density at radius 1 is 0.658 bits per heavy atom. The highest BCUT2D eigenvalue weighted by molar-refractivity contribution is 5.78. The van der Waals surface area contributed by atoms with Gasteiger partial charge in [0.05, 0.1) is 59.0 Å². The van der Waals surface area contributed by atoms with Crippen molar-refractivity contribution < 1.29 is 33.3 Å². The molecule has 0 bridgehead atoms. The third kappa shape index (κ3) is 29.0. The number of Topliss-reactive ketones (excluding diaryl/α,β-unsaturated/α-hetero) is 2. The minimum Gasteiger partial charge on any atom is -0.401 e. The Morgan fingerprint density at radius 2 is 1.21 bits per heavy atom. The molecule has 0 radical (unpaired) electrons. The van der Waals surface area contributed by atoms with Crippen LogP contribution in [0.15, 0.2) is 11.9 Å². The molecule has 38 heavy (non-hydrogen) atoms. The molecule has 0 fully saturated rings. The van der Waals surface area contributed by atoms with E-state index in [0.717, 1.165) is 25.7 Å². The molecule has 0 saturated carbocycles. The molecule has 9 heteroatoms. The van der Waals surface area contributed by atoms with Gasteiger partial charge in [0.25, 0.3) is 0 Å². The predicted molar refractivity (Wildman–Crippen MR) is 151 cm³/mol. The van der Waals surface area contributed by atoms with Gasteiger partial charge in [0.2, 0.25) is 0 Å². The Labute approximate surface area is 231 Å². The summed E-state index contributed by atoms with van der Waals surface area (Å²) in [6, 6.07) is 0. The van der Waals surface area contributed by atoms with Gasteiger partial charge in [0, 0.05) is 50.7 Å². The lowest BCUT2D eigenvalue weighted by atomic mass is 10.0. The first-order valence-corrected chi connectivity index (χ1v) is 14.4. The summed E-state index contributed by atoms with van der Waals surface area (Å²) in [6.45, 7) is 13.9. The number of carbonyl (C=O) groups excluding carboxylic acids is 2.